The van der Waals surface area contributed by atoms with Crippen LogP contribution in [-0.2, 0) is 9.59 Å². The summed E-state index contributed by atoms with van der Waals surface area (Å²) in [7, 11) is 0. The van der Waals surface area contributed by atoms with Gasteiger partial charge in [0.15, 0.2) is 6.61 Å². The summed E-state index contributed by atoms with van der Waals surface area (Å²) in [5.41, 5.74) is 3.89. The van der Waals surface area contributed by atoms with E-state index in [-0.39, 0.29) is 25.0 Å². The van der Waals surface area contributed by atoms with Crippen molar-refractivity contribution < 1.29 is 14.3 Å². The summed E-state index contributed by atoms with van der Waals surface area (Å²) in [5.74, 6) is 0.0416. The van der Waals surface area contributed by atoms with E-state index in [0.29, 0.717) is 11.5 Å². The highest BCUT2D eigenvalue weighted by atomic mass is 79.9. The summed E-state index contributed by atoms with van der Waals surface area (Å²) in [5, 5.41) is 6.65. The van der Waals surface area contributed by atoms with Gasteiger partial charge in [0, 0.05) is 16.2 Å². The summed E-state index contributed by atoms with van der Waals surface area (Å²) < 4.78 is 7.17. The van der Waals surface area contributed by atoms with Crippen LogP contribution in [0.15, 0.2) is 26.2 Å². The summed E-state index contributed by atoms with van der Waals surface area (Å²) >= 11 is 6.80. The molecule has 0 bridgehead atoms. The van der Waals surface area contributed by atoms with Crippen molar-refractivity contribution in [1.82, 2.24) is 10.7 Å². The van der Waals surface area contributed by atoms with E-state index < -0.39 is 5.91 Å². The van der Waals surface area contributed by atoms with Crippen LogP contribution in [0.1, 0.15) is 32.8 Å². The topological polar surface area (TPSA) is 79.8 Å². The molecule has 0 spiro atoms. The standard InChI is InChI=1S/C16H21Br2N3O3/c1-9(2)19-15(22)6-11(4)20-21-16(23)8-24-14-5-10(3)12(17)7-13(14)18/h5,7,9H,6,8H2,1-4H3,(H,19,22)(H,21,23). The minimum absolute atomic E-state index is 0.0705. The molecule has 0 aliphatic carbocycles. The van der Waals surface area contributed by atoms with Gasteiger partial charge in [0.05, 0.1) is 10.9 Å². The van der Waals surface area contributed by atoms with Crippen LogP contribution in [0.2, 0.25) is 0 Å². The van der Waals surface area contributed by atoms with Gasteiger partial charge in [-0.1, -0.05) is 15.9 Å². The molecule has 8 heteroatoms. The zero-order chi connectivity index (χ0) is 18.3. The van der Waals surface area contributed by atoms with E-state index in [1.54, 1.807) is 6.92 Å². The lowest BCUT2D eigenvalue weighted by Gasteiger charge is -2.10. The minimum Gasteiger partial charge on any atom is -0.483 e. The van der Waals surface area contributed by atoms with E-state index in [1.165, 1.54) is 0 Å². The Bertz CT molecular complexity index is 646. The lowest BCUT2D eigenvalue weighted by Crippen LogP contribution is -2.32. The Labute approximate surface area is 158 Å². The normalized spacial score (nSPS) is 11.4. The number of hydrogen-bond acceptors (Lipinski definition) is 4. The van der Waals surface area contributed by atoms with E-state index in [2.05, 4.69) is 47.7 Å². The van der Waals surface area contributed by atoms with Gasteiger partial charge in [0.1, 0.15) is 5.75 Å². The Morgan fingerprint density at radius 3 is 2.50 bits per heavy atom. The van der Waals surface area contributed by atoms with Gasteiger partial charge in [0.2, 0.25) is 5.91 Å². The van der Waals surface area contributed by atoms with Crippen LogP contribution in [0.4, 0.5) is 0 Å². The van der Waals surface area contributed by atoms with E-state index in [4.69, 9.17) is 4.74 Å². The fraction of sp³-hybridized carbons (Fsp3) is 0.438. The zero-order valence-corrected chi connectivity index (χ0v) is 17.2. The lowest BCUT2D eigenvalue weighted by atomic mass is 10.2. The van der Waals surface area contributed by atoms with Crippen molar-refractivity contribution in [2.75, 3.05) is 6.61 Å². The molecule has 2 N–H and O–H groups in total. The number of hydrazone groups is 1. The molecule has 0 aromatic heterocycles. The summed E-state index contributed by atoms with van der Waals surface area (Å²) in [6.07, 6.45) is 0.136. The molecular weight excluding hydrogens is 442 g/mol. The molecule has 132 valence electrons. The fourth-order valence-electron chi connectivity index (χ4n) is 1.72. The van der Waals surface area contributed by atoms with Gasteiger partial charge in [-0.2, -0.15) is 5.10 Å². The first-order chi connectivity index (χ1) is 11.2. The Kier molecular flexibility index (Phi) is 8.41. The molecule has 0 fully saturated rings. The number of rotatable bonds is 7. The van der Waals surface area contributed by atoms with Crippen LogP contribution in [-0.4, -0.2) is 30.2 Å². The molecule has 6 nitrogen and oxygen atoms in total. The maximum Gasteiger partial charge on any atom is 0.277 e. The molecule has 2 amide bonds. The van der Waals surface area contributed by atoms with Crippen molar-refractivity contribution in [3.8, 4) is 5.75 Å². The molecule has 24 heavy (non-hydrogen) atoms. The largest absolute Gasteiger partial charge is 0.483 e. The zero-order valence-electron chi connectivity index (χ0n) is 14.1. The number of amides is 2. The number of halogens is 2. The number of carbonyl (C=O) groups excluding carboxylic acids is 2. The number of ether oxygens (including phenoxy) is 1. The van der Waals surface area contributed by atoms with Crippen molar-refractivity contribution >= 4 is 49.4 Å². The van der Waals surface area contributed by atoms with Gasteiger partial charge < -0.3 is 10.1 Å². The first-order valence-electron chi connectivity index (χ1n) is 7.38. The molecule has 0 saturated carbocycles. The first-order valence-corrected chi connectivity index (χ1v) is 8.97. The maximum absolute atomic E-state index is 11.8. The van der Waals surface area contributed by atoms with Crippen molar-refractivity contribution in [3.63, 3.8) is 0 Å². The second kappa shape index (κ2) is 9.78. The summed E-state index contributed by atoms with van der Waals surface area (Å²) in [6, 6.07) is 3.76. The van der Waals surface area contributed by atoms with Gasteiger partial charge in [-0.25, -0.2) is 5.43 Å². The fourth-order valence-corrected chi connectivity index (χ4v) is 2.83. The van der Waals surface area contributed by atoms with Gasteiger partial charge in [0.25, 0.3) is 5.91 Å². The molecule has 0 saturated heterocycles. The van der Waals surface area contributed by atoms with Gasteiger partial charge in [-0.05, 0) is 61.3 Å². The predicted molar refractivity (Wildman–Crippen MR) is 101 cm³/mol. The highest BCUT2D eigenvalue weighted by molar-refractivity contribution is 9.11. The third-order valence-corrected chi connectivity index (χ3v) is 4.28. The number of nitrogens with zero attached hydrogens (tertiary/aromatic N) is 1. The number of benzene rings is 1. The average molecular weight is 463 g/mol. The van der Waals surface area contributed by atoms with Gasteiger partial charge >= 0.3 is 0 Å². The number of aryl methyl sites for hydroxylation is 1. The van der Waals surface area contributed by atoms with Crippen LogP contribution in [0, 0.1) is 6.92 Å². The Morgan fingerprint density at radius 2 is 1.88 bits per heavy atom. The highest BCUT2D eigenvalue weighted by Crippen LogP contribution is 2.31. The van der Waals surface area contributed by atoms with E-state index in [0.717, 1.165) is 14.5 Å². The second-order valence-electron chi connectivity index (χ2n) is 5.60. The maximum atomic E-state index is 11.8. The van der Waals surface area contributed by atoms with E-state index in [1.807, 2.05) is 32.9 Å². The molecule has 0 atom stereocenters. The van der Waals surface area contributed by atoms with Crippen molar-refractivity contribution in [2.24, 2.45) is 5.10 Å². The average Bonchev–Trinajstić information content (AvgIpc) is 2.46. The van der Waals surface area contributed by atoms with Crippen molar-refractivity contribution in [1.29, 1.82) is 0 Å². The molecule has 0 aliphatic heterocycles. The molecule has 0 radical (unpaired) electrons. The van der Waals surface area contributed by atoms with Crippen LogP contribution in [0.3, 0.4) is 0 Å². The molecular formula is C16H21Br2N3O3. The number of hydrogen-bond donors (Lipinski definition) is 2. The Balaban J connectivity index is 2.48. The monoisotopic (exact) mass is 461 g/mol. The molecule has 0 aliphatic rings. The predicted octanol–water partition coefficient (Wildman–Crippen LogP) is 3.31. The van der Waals surface area contributed by atoms with Crippen molar-refractivity contribution in [3.05, 3.63) is 26.6 Å². The van der Waals surface area contributed by atoms with Crippen LogP contribution in [0.5, 0.6) is 5.75 Å². The van der Waals surface area contributed by atoms with Gasteiger partial charge in [-0.3, -0.25) is 9.59 Å². The van der Waals surface area contributed by atoms with E-state index >= 15 is 0 Å². The third kappa shape index (κ3) is 7.44. The molecule has 1 aromatic rings. The quantitative estimate of drug-likeness (QED) is 0.481. The Morgan fingerprint density at radius 1 is 1.21 bits per heavy atom. The van der Waals surface area contributed by atoms with Gasteiger partial charge in [-0.15, -0.1) is 0 Å². The molecule has 0 unspecified atom stereocenters. The Hall–Kier alpha value is -1.41. The smallest absolute Gasteiger partial charge is 0.277 e. The number of nitrogens with one attached hydrogen (secondary N) is 2. The van der Waals surface area contributed by atoms with Crippen LogP contribution >= 0.6 is 31.9 Å². The molecule has 1 rings (SSSR count). The van der Waals surface area contributed by atoms with Crippen molar-refractivity contribution in [2.45, 2.75) is 40.2 Å². The lowest BCUT2D eigenvalue weighted by molar-refractivity contribution is -0.123. The summed E-state index contributed by atoms with van der Waals surface area (Å²) in [6.45, 7) is 7.20. The minimum atomic E-state index is -0.397. The summed E-state index contributed by atoms with van der Waals surface area (Å²) in [4.78, 5) is 23.4. The molecule has 1 aromatic carbocycles. The highest BCUT2D eigenvalue weighted by Gasteiger charge is 2.09. The van der Waals surface area contributed by atoms with Crippen LogP contribution < -0.4 is 15.5 Å². The molecule has 0 heterocycles. The number of carbonyl (C=O) groups is 2. The van der Waals surface area contributed by atoms with E-state index in [9.17, 15) is 9.59 Å². The third-order valence-electron chi connectivity index (χ3n) is 2.81. The first kappa shape index (κ1) is 20.6. The SMILES string of the molecule is CC(CC(=O)NC(C)C)=NNC(=O)COc1cc(C)c(Br)cc1Br. The second-order valence-corrected chi connectivity index (χ2v) is 7.31. The van der Waals surface area contributed by atoms with Crippen LogP contribution in [0.25, 0.3) is 0 Å².